The lowest BCUT2D eigenvalue weighted by Gasteiger charge is -2.17. The number of carbonyl (C=O) groups excluding carboxylic acids is 1. The van der Waals surface area contributed by atoms with Gasteiger partial charge in [-0.25, -0.2) is 13.1 Å². The van der Waals surface area contributed by atoms with E-state index >= 15 is 0 Å². The van der Waals surface area contributed by atoms with E-state index in [1.807, 2.05) is 25.1 Å². The average Bonchev–Trinajstić information content (AvgIpc) is 2.44. The third kappa shape index (κ3) is 5.01. The molecular formula is C14H20N2O3S2. The van der Waals surface area contributed by atoms with Crippen LogP contribution in [0.5, 0.6) is 0 Å². The van der Waals surface area contributed by atoms with Gasteiger partial charge in [-0.3, -0.25) is 4.79 Å². The van der Waals surface area contributed by atoms with Gasteiger partial charge in [-0.2, -0.15) is 0 Å². The molecule has 2 N–H and O–H groups in total. The fourth-order valence-electron chi connectivity index (χ4n) is 2.04. The van der Waals surface area contributed by atoms with Crippen LogP contribution in [0.25, 0.3) is 0 Å². The quantitative estimate of drug-likeness (QED) is 0.803. The van der Waals surface area contributed by atoms with Gasteiger partial charge in [-0.1, -0.05) is 19.4 Å². The summed E-state index contributed by atoms with van der Waals surface area (Å²) in [6, 6.07) is 5.86. The number of anilines is 1. The molecule has 0 saturated carbocycles. The molecule has 2 rings (SSSR count). The predicted octanol–water partition coefficient (Wildman–Crippen LogP) is 1.99. The number of amides is 1. The summed E-state index contributed by atoms with van der Waals surface area (Å²) in [7, 11) is -3.16. The summed E-state index contributed by atoms with van der Waals surface area (Å²) < 4.78 is 26.0. The van der Waals surface area contributed by atoms with Crippen molar-refractivity contribution >= 4 is 33.4 Å². The van der Waals surface area contributed by atoms with Crippen molar-refractivity contribution in [1.82, 2.24) is 4.72 Å². The molecule has 5 nitrogen and oxygen atoms in total. The van der Waals surface area contributed by atoms with E-state index in [1.54, 1.807) is 0 Å². The van der Waals surface area contributed by atoms with E-state index in [9.17, 15) is 13.2 Å². The Morgan fingerprint density at radius 1 is 1.38 bits per heavy atom. The lowest BCUT2D eigenvalue weighted by atomic mass is 10.1. The molecule has 0 aromatic heterocycles. The fraction of sp³-hybridized carbons (Fsp3) is 0.500. The maximum atomic E-state index is 11.7. The first-order valence-corrected chi connectivity index (χ1v) is 9.67. The fourth-order valence-corrected chi connectivity index (χ4v) is 4.06. The third-order valence-corrected chi connectivity index (χ3v) is 5.72. The maximum absolute atomic E-state index is 11.7. The van der Waals surface area contributed by atoms with Crippen LogP contribution in [-0.4, -0.2) is 32.4 Å². The van der Waals surface area contributed by atoms with E-state index in [4.69, 9.17) is 0 Å². The first-order chi connectivity index (χ1) is 10.00. The van der Waals surface area contributed by atoms with E-state index in [-0.39, 0.29) is 11.7 Å². The van der Waals surface area contributed by atoms with Crippen LogP contribution in [0.3, 0.4) is 0 Å². The summed E-state index contributed by atoms with van der Waals surface area (Å²) >= 11 is 1.52. The molecule has 1 amide bonds. The summed E-state index contributed by atoms with van der Waals surface area (Å²) in [6.45, 7) is 2.35. The first kappa shape index (κ1) is 16.3. The van der Waals surface area contributed by atoms with Crippen molar-refractivity contribution in [3.63, 3.8) is 0 Å². The van der Waals surface area contributed by atoms with E-state index in [0.29, 0.717) is 25.1 Å². The Balaban J connectivity index is 1.89. The third-order valence-electron chi connectivity index (χ3n) is 3.18. The largest absolute Gasteiger partial charge is 0.324 e. The highest BCUT2D eigenvalue weighted by atomic mass is 32.2. The van der Waals surface area contributed by atoms with Crippen LogP contribution in [0.2, 0.25) is 0 Å². The second-order valence-electron chi connectivity index (χ2n) is 4.98. The molecule has 1 aromatic rings. The molecule has 0 aliphatic carbocycles. The van der Waals surface area contributed by atoms with Gasteiger partial charge in [0, 0.05) is 11.4 Å². The molecule has 0 fully saturated rings. The number of hydrogen-bond acceptors (Lipinski definition) is 4. The van der Waals surface area contributed by atoms with Gasteiger partial charge in [0.05, 0.1) is 17.2 Å². The van der Waals surface area contributed by atoms with Crippen molar-refractivity contribution in [2.75, 3.05) is 23.4 Å². The van der Waals surface area contributed by atoms with Crippen molar-refractivity contribution in [2.24, 2.45) is 0 Å². The summed E-state index contributed by atoms with van der Waals surface area (Å²) in [5, 5.41) is 2.84. The monoisotopic (exact) mass is 328 g/mol. The van der Waals surface area contributed by atoms with Gasteiger partial charge in [-0.15, -0.1) is 11.8 Å². The first-order valence-electron chi connectivity index (χ1n) is 7.03. The Morgan fingerprint density at radius 3 is 2.95 bits per heavy atom. The number of sulfonamides is 1. The number of fused-ring (bicyclic) bond motifs is 1. The summed E-state index contributed by atoms with van der Waals surface area (Å²) in [4.78, 5) is 12.4. The molecule has 0 atom stereocenters. The number of rotatable bonds is 7. The zero-order valence-electron chi connectivity index (χ0n) is 12.0. The van der Waals surface area contributed by atoms with E-state index < -0.39 is 10.0 Å². The minimum absolute atomic E-state index is 0.00455. The molecule has 116 valence electrons. The van der Waals surface area contributed by atoms with Gasteiger partial charge < -0.3 is 5.32 Å². The Labute approximate surface area is 129 Å². The zero-order valence-corrected chi connectivity index (χ0v) is 13.6. The molecule has 0 unspecified atom stereocenters. The molecule has 7 heteroatoms. The number of carbonyl (C=O) groups is 1. The Hall–Kier alpha value is -1.05. The van der Waals surface area contributed by atoms with Gasteiger partial charge >= 0.3 is 0 Å². The number of unbranched alkanes of at least 4 members (excludes halogenated alkanes) is 1. The van der Waals surface area contributed by atoms with E-state index in [2.05, 4.69) is 10.0 Å². The van der Waals surface area contributed by atoms with Crippen molar-refractivity contribution in [1.29, 1.82) is 0 Å². The van der Waals surface area contributed by atoms with Crippen LogP contribution < -0.4 is 10.0 Å². The second-order valence-corrected chi connectivity index (χ2v) is 7.93. The van der Waals surface area contributed by atoms with Crippen LogP contribution in [0.1, 0.15) is 25.3 Å². The van der Waals surface area contributed by atoms with Crippen LogP contribution in [0.4, 0.5) is 5.69 Å². The Morgan fingerprint density at radius 2 is 2.19 bits per heavy atom. The molecule has 21 heavy (non-hydrogen) atoms. The van der Waals surface area contributed by atoms with E-state index in [1.165, 1.54) is 11.8 Å². The topological polar surface area (TPSA) is 75.3 Å². The van der Waals surface area contributed by atoms with Gasteiger partial charge in [0.25, 0.3) is 0 Å². The van der Waals surface area contributed by atoms with Crippen molar-refractivity contribution in [3.8, 4) is 0 Å². The van der Waals surface area contributed by atoms with Gasteiger partial charge in [0.15, 0.2) is 0 Å². The molecule has 1 aromatic carbocycles. The Bertz CT molecular complexity index is 615. The summed E-state index contributed by atoms with van der Waals surface area (Å²) in [5.41, 5.74) is 1.83. The SMILES string of the molecule is CCCCS(=O)(=O)NCCc1ccc2c(c1)NC(=O)CS2. The van der Waals surface area contributed by atoms with Gasteiger partial charge in [0.2, 0.25) is 15.9 Å². The predicted molar refractivity (Wildman–Crippen MR) is 86.2 cm³/mol. The minimum atomic E-state index is -3.16. The minimum Gasteiger partial charge on any atom is -0.324 e. The summed E-state index contributed by atoms with van der Waals surface area (Å²) in [5.74, 6) is 0.633. The number of hydrogen-bond donors (Lipinski definition) is 2. The van der Waals surface area contributed by atoms with Crippen LogP contribution >= 0.6 is 11.8 Å². The summed E-state index contributed by atoms with van der Waals surface area (Å²) in [6.07, 6.45) is 2.15. The smallest absolute Gasteiger partial charge is 0.234 e. The molecule has 1 heterocycles. The van der Waals surface area contributed by atoms with Crippen LogP contribution in [-0.2, 0) is 21.2 Å². The van der Waals surface area contributed by atoms with Crippen LogP contribution in [0.15, 0.2) is 23.1 Å². The van der Waals surface area contributed by atoms with Crippen molar-refractivity contribution in [2.45, 2.75) is 31.1 Å². The molecule has 0 radical (unpaired) electrons. The molecule has 0 bridgehead atoms. The Kier molecular flexibility index (Phi) is 5.66. The van der Waals surface area contributed by atoms with Crippen molar-refractivity contribution in [3.05, 3.63) is 23.8 Å². The van der Waals surface area contributed by atoms with Gasteiger partial charge in [0.1, 0.15) is 0 Å². The lowest BCUT2D eigenvalue weighted by molar-refractivity contribution is -0.113. The van der Waals surface area contributed by atoms with Gasteiger partial charge in [-0.05, 0) is 30.5 Å². The van der Waals surface area contributed by atoms with Crippen LogP contribution in [0, 0.1) is 0 Å². The highest BCUT2D eigenvalue weighted by molar-refractivity contribution is 8.00. The highest BCUT2D eigenvalue weighted by Gasteiger charge is 2.15. The number of benzene rings is 1. The molecule has 1 aliphatic heterocycles. The lowest BCUT2D eigenvalue weighted by Crippen LogP contribution is -2.28. The molecule has 1 aliphatic rings. The number of thioether (sulfide) groups is 1. The maximum Gasteiger partial charge on any atom is 0.234 e. The zero-order chi connectivity index (χ0) is 15.3. The second kappa shape index (κ2) is 7.29. The molecular weight excluding hydrogens is 308 g/mol. The van der Waals surface area contributed by atoms with E-state index in [0.717, 1.165) is 22.6 Å². The number of nitrogens with one attached hydrogen (secondary N) is 2. The van der Waals surface area contributed by atoms with Crippen molar-refractivity contribution < 1.29 is 13.2 Å². The highest BCUT2D eigenvalue weighted by Crippen LogP contribution is 2.31. The standard InChI is InChI=1S/C14H20N2O3S2/c1-2-3-8-21(18,19)15-7-6-11-4-5-13-12(9-11)16-14(17)10-20-13/h4-5,9,15H,2-3,6-8,10H2,1H3,(H,16,17). The molecule has 0 spiro atoms. The molecule has 0 saturated heterocycles. The normalized spacial score (nSPS) is 14.6. The average molecular weight is 328 g/mol.